The molecule has 1 aromatic rings. The largest absolute Gasteiger partial charge is 0.480 e. The second kappa shape index (κ2) is 5.30. The predicted molar refractivity (Wildman–Crippen MR) is 65.8 cm³/mol. The van der Waals surface area contributed by atoms with E-state index in [0.717, 1.165) is 10.7 Å². The minimum absolute atomic E-state index is 0.246. The Labute approximate surface area is 111 Å². The monoisotopic (exact) mass is 288 g/mol. The molecule has 1 fully saturated rings. The Morgan fingerprint density at radius 2 is 2.32 bits per heavy atom. The number of nitrogens with zero attached hydrogens (tertiary/aromatic N) is 2. The third-order valence-electron chi connectivity index (χ3n) is 3.10. The average molecular weight is 288 g/mol. The van der Waals surface area contributed by atoms with Crippen molar-refractivity contribution in [2.45, 2.75) is 38.0 Å². The lowest BCUT2D eigenvalue weighted by atomic mass is 10.1. The van der Waals surface area contributed by atoms with Crippen LogP contribution in [0, 0.1) is 6.92 Å². The molecule has 106 valence electrons. The van der Waals surface area contributed by atoms with E-state index in [1.165, 1.54) is 6.07 Å². The van der Waals surface area contributed by atoms with Crippen molar-refractivity contribution >= 4 is 16.0 Å². The molecule has 0 spiro atoms. The molecule has 0 amide bonds. The molecule has 7 nitrogen and oxygen atoms in total. The highest BCUT2D eigenvalue weighted by atomic mass is 32.2. The van der Waals surface area contributed by atoms with Crippen molar-refractivity contribution in [2.24, 2.45) is 0 Å². The quantitative estimate of drug-likeness (QED) is 0.877. The van der Waals surface area contributed by atoms with Crippen molar-refractivity contribution in [1.82, 2.24) is 9.46 Å². The van der Waals surface area contributed by atoms with E-state index in [9.17, 15) is 13.2 Å². The molecule has 1 saturated heterocycles. The number of rotatable bonds is 4. The Kier molecular flexibility index (Phi) is 3.91. The summed E-state index contributed by atoms with van der Waals surface area (Å²) in [4.78, 5) is 11.1. The van der Waals surface area contributed by atoms with Crippen LogP contribution in [0.1, 0.15) is 30.7 Å². The topological polar surface area (TPSA) is 101 Å². The summed E-state index contributed by atoms with van der Waals surface area (Å²) in [5.74, 6) is -0.896. The number of aryl methyl sites for hydroxylation is 1. The van der Waals surface area contributed by atoms with E-state index in [2.05, 4.69) is 5.16 Å². The van der Waals surface area contributed by atoms with Crippen molar-refractivity contribution < 1.29 is 22.8 Å². The Bertz CT molecular complexity index is 565. The fourth-order valence-electron chi connectivity index (χ4n) is 2.24. The Hall–Kier alpha value is -1.41. The molecule has 1 aromatic heterocycles. The average Bonchev–Trinajstić information content (AvgIpc) is 2.74. The van der Waals surface area contributed by atoms with Gasteiger partial charge in [0.2, 0.25) is 10.0 Å². The van der Waals surface area contributed by atoms with E-state index in [1.807, 2.05) is 0 Å². The number of aromatic nitrogens is 1. The maximum Gasteiger partial charge on any atom is 0.322 e. The SMILES string of the molecule is Cc1cc(CS(=O)(=O)N2CCCCC2C(=O)O)no1. The highest BCUT2D eigenvalue weighted by Gasteiger charge is 2.37. The van der Waals surface area contributed by atoms with Crippen molar-refractivity contribution in [3.8, 4) is 0 Å². The zero-order valence-corrected chi connectivity index (χ0v) is 11.4. The van der Waals surface area contributed by atoms with Gasteiger partial charge in [-0.1, -0.05) is 5.16 Å². The number of hydrogen-bond donors (Lipinski definition) is 1. The molecule has 0 aliphatic carbocycles. The zero-order chi connectivity index (χ0) is 14.0. The molecule has 2 heterocycles. The summed E-state index contributed by atoms with van der Waals surface area (Å²) in [7, 11) is -3.69. The fourth-order valence-corrected chi connectivity index (χ4v) is 3.91. The maximum atomic E-state index is 12.3. The molecule has 1 unspecified atom stereocenters. The first-order valence-electron chi connectivity index (χ1n) is 6.04. The van der Waals surface area contributed by atoms with E-state index in [-0.39, 0.29) is 12.3 Å². The van der Waals surface area contributed by atoms with Crippen LogP contribution >= 0.6 is 0 Å². The van der Waals surface area contributed by atoms with Gasteiger partial charge in [0.1, 0.15) is 23.2 Å². The van der Waals surface area contributed by atoms with Crippen LogP contribution in [-0.2, 0) is 20.6 Å². The normalized spacial score (nSPS) is 21.4. The molecule has 0 aromatic carbocycles. The van der Waals surface area contributed by atoms with E-state index < -0.39 is 22.0 Å². The lowest BCUT2D eigenvalue weighted by Gasteiger charge is -2.31. The molecule has 19 heavy (non-hydrogen) atoms. The first kappa shape index (κ1) is 14.0. The second-order valence-corrected chi connectivity index (χ2v) is 6.57. The summed E-state index contributed by atoms with van der Waals surface area (Å²) >= 11 is 0. The van der Waals surface area contributed by atoms with Gasteiger partial charge in [-0.3, -0.25) is 4.79 Å². The lowest BCUT2D eigenvalue weighted by molar-refractivity contribution is -0.142. The summed E-state index contributed by atoms with van der Waals surface area (Å²) < 4.78 is 30.4. The van der Waals surface area contributed by atoms with Gasteiger partial charge >= 0.3 is 5.97 Å². The molecule has 1 N–H and O–H groups in total. The van der Waals surface area contributed by atoms with Gasteiger partial charge in [-0.05, 0) is 26.2 Å². The van der Waals surface area contributed by atoms with Crippen LogP contribution < -0.4 is 0 Å². The van der Waals surface area contributed by atoms with Crippen molar-refractivity contribution in [3.63, 3.8) is 0 Å². The first-order valence-corrected chi connectivity index (χ1v) is 7.65. The number of piperidine rings is 1. The Morgan fingerprint density at radius 1 is 1.58 bits per heavy atom. The van der Waals surface area contributed by atoms with Crippen LogP contribution in [0.25, 0.3) is 0 Å². The molecule has 0 saturated carbocycles. The minimum atomic E-state index is -3.69. The molecular formula is C11H16N2O5S. The number of carbonyl (C=O) groups is 1. The molecular weight excluding hydrogens is 272 g/mol. The summed E-state index contributed by atoms with van der Waals surface area (Å²) in [6.45, 7) is 1.92. The minimum Gasteiger partial charge on any atom is -0.480 e. The van der Waals surface area contributed by atoms with Crippen LogP contribution in [-0.4, -0.2) is 41.5 Å². The molecule has 2 rings (SSSR count). The van der Waals surface area contributed by atoms with Gasteiger partial charge in [-0.25, -0.2) is 8.42 Å². The molecule has 1 aliphatic rings. The number of carboxylic acid groups (broad SMARTS) is 1. The van der Waals surface area contributed by atoms with E-state index in [4.69, 9.17) is 9.63 Å². The molecule has 8 heteroatoms. The van der Waals surface area contributed by atoms with E-state index >= 15 is 0 Å². The highest BCUT2D eigenvalue weighted by Crippen LogP contribution is 2.23. The lowest BCUT2D eigenvalue weighted by Crippen LogP contribution is -2.48. The van der Waals surface area contributed by atoms with Crippen molar-refractivity contribution in [3.05, 3.63) is 17.5 Å². The summed E-state index contributed by atoms with van der Waals surface area (Å²) in [6, 6.07) is 0.573. The van der Waals surface area contributed by atoms with Gasteiger partial charge in [-0.15, -0.1) is 0 Å². The number of carboxylic acids is 1. The van der Waals surface area contributed by atoms with Crippen LogP contribution in [0.15, 0.2) is 10.6 Å². The molecule has 1 aliphatic heterocycles. The van der Waals surface area contributed by atoms with Crippen LogP contribution in [0.3, 0.4) is 0 Å². The summed E-state index contributed by atoms with van der Waals surface area (Å²) in [5.41, 5.74) is 0.298. The summed E-state index contributed by atoms with van der Waals surface area (Å²) in [6.07, 6.45) is 1.76. The molecule has 0 bridgehead atoms. The fraction of sp³-hybridized carbons (Fsp3) is 0.636. The van der Waals surface area contributed by atoms with E-state index in [0.29, 0.717) is 24.3 Å². The van der Waals surface area contributed by atoms with Gasteiger partial charge in [0.05, 0.1) is 0 Å². The van der Waals surface area contributed by atoms with Crippen LogP contribution in [0.5, 0.6) is 0 Å². The number of hydrogen-bond acceptors (Lipinski definition) is 5. The number of sulfonamides is 1. The smallest absolute Gasteiger partial charge is 0.322 e. The highest BCUT2D eigenvalue weighted by molar-refractivity contribution is 7.88. The maximum absolute atomic E-state index is 12.3. The van der Waals surface area contributed by atoms with Gasteiger partial charge in [0.25, 0.3) is 0 Å². The standard InChI is InChI=1S/C11H16N2O5S/c1-8-6-9(12-18-8)7-19(16,17)13-5-3-2-4-10(13)11(14)15/h6,10H,2-5,7H2,1H3,(H,14,15). The third-order valence-corrected chi connectivity index (χ3v) is 4.92. The van der Waals surface area contributed by atoms with Crippen molar-refractivity contribution in [2.75, 3.05) is 6.54 Å². The van der Waals surface area contributed by atoms with Gasteiger partial charge in [0.15, 0.2) is 0 Å². The van der Waals surface area contributed by atoms with Crippen molar-refractivity contribution in [1.29, 1.82) is 0 Å². The number of aliphatic carboxylic acids is 1. The second-order valence-electron chi connectivity index (χ2n) is 4.65. The Morgan fingerprint density at radius 3 is 2.89 bits per heavy atom. The predicted octanol–water partition coefficient (Wildman–Crippen LogP) is 0.752. The van der Waals surface area contributed by atoms with Gasteiger partial charge in [0, 0.05) is 12.6 Å². The summed E-state index contributed by atoms with van der Waals surface area (Å²) in [5, 5.41) is 12.7. The van der Waals surface area contributed by atoms with Crippen LogP contribution in [0.2, 0.25) is 0 Å². The first-order chi connectivity index (χ1) is 8.90. The van der Waals surface area contributed by atoms with Crippen LogP contribution in [0.4, 0.5) is 0 Å². The van der Waals surface area contributed by atoms with Gasteiger partial charge < -0.3 is 9.63 Å². The zero-order valence-electron chi connectivity index (χ0n) is 10.6. The third kappa shape index (κ3) is 3.13. The molecule has 1 atom stereocenters. The Balaban J connectivity index is 2.19. The van der Waals surface area contributed by atoms with Gasteiger partial charge in [-0.2, -0.15) is 4.31 Å². The van der Waals surface area contributed by atoms with E-state index in [1.54, 1.807) is 6.92 Å². The molecule has 0 radical (unpaired) electrons.